The average molecular weight is 278 g/mol. The third-order valence-electron chi connectivity index (χ3n) is 3.43. The Balaban J connectivity index is 1.95. The van der Waals surface area contributed by atoms with Gasteiger partial charge in [-0.25, -0.2) is 5.01 Å². The lowest BCUT2D eigenvalue weighted by Gasteiger charge is -2.27. The van der Waals surface area contributed by atoms with E-state index in [0.29, 0.717) is 5.11 Å². The van der Waals surface area contributed by atoms with Crippen LogP contribution in [0.3, 0.4) is 0 Å². The average Bonchev–Trinajstić information content (AvgIpc) is 2.89. The van der Waals surface area contributed by atoms with Gasteiger partial charge in [0.2, 0.25) is 5.11 Å². The highest BCUT2D eigenvalue weighted by molar-refractivity contribution is 7.80. The molecule has 0 N–H and O–H groups in total. The van der Waals surface area contributed by atoms with Crippen molar-refractivity contribution in [3.05, 3.63) is 71.3 Å². The first-order chi connectivity index (χ1) is 9.84. The number of nitrogens with zero attached hydrogens (tertiary/aromatic N) is 4. The third kappa shape index (κ3) is 1.60. The van der Waals surface area contributed by atoms with Crippen LogP contribution < -0.4 is 0 Å². The monoisotopic (exact) mass is 278 g/mol. The van der Waals surface area contributed by atoms with Gasteiger partial charge < -0.3 is 0 Å². The molecule has 0 bridgehead atoms. The summed E-state index contributed by atoms with van der Waals surface area (Å²) >= 11 is 5.21. The minimum Gasteiger partial charge on any atom is -0.205 e. The first kappa shape index (κ1) is 11.4. The Morgan fingerprint density at radius 3 is 2.55 bits per heavy atom. The summed E-state index contributed by atoms with van der Waals surface area (Å²) in [5.74, 6) is 0. The smallest absolute Gasteiger partial charge is 0.205 e. The second-order valence-corrected chi connectivity index (χ2v) is 4.98. The molecule has 1 unspecified atom stereocenters. The zero-order valence-corrected chi connectivity index (χ0v) is 11.3. The summed E-state index contributed by atoms with van der Waals surface area (Å²) in [7, 11) is 0. The van der Waals surface area contributed by atoms with Gasteiger partial charge in [-0.05, 0) is 12.2 Å². The summed E-state index contributed by atoms with van der Waals surface area (Å²) in [6.07, 6.45) is -0.217. The molecule has 0 radical (unpaired) electrons. The van der Waals surface area contributed by atoms with Crippen LogP contribution in [0.5, 0.6) is 0 Å². The molecule has 4 rings (SSSR count). The van der Waals surface area contributed by atoms with E-state index in [2.05, 4.69) is 27.5 Å². The number of fused-ring (bicyclic) bond motifs is 3. The van der Waals surface area contributed by atoms with Crippen molar-refractivity contribution in [3.8, 4) is 0 Å². The normalized spacial score (nSPS) is 19.6. The standard InChI is InChI=1S/C15H10N4S/c20-15-17-16-14-12-9-5-4-8-11(12)13(18-19(14)15)10-6-2-1-3-7-10/h1-9,14H. The summed E-state index contributed by atoms with van der Waals surface area (Å²) in [6.45, 7) is 0. The van der Waals surface area contributed by atoms with Crippen LogP contribution in [0.25, 0.3) is 0 Å². The van der Waals surface area contributed by atoms with E-state index < -0.39 is 0 Å². The number of thiocarbonyl (C=S) groups is 1. The summed E-state index contributed by atoms with van der Waals surface area (Å²) < 4.78 is 0. The second kappa shape index (κ2) is 4.31. The molecule has 2 aromatic rings. The van der Waals surface area contributed by atoms with Gasteiger partial charge in [0.25, 0.3) is 0 Å². The molecular formula is C15H10N4S. The van der Waals surface area contributed by atoms with Crippen LogP contribution in [0.4, 0.5) is 0 Å². The van der Waals surface area contributed by atoms with Gasteiger partial charge >= 0.3 is 0 Å². The van der Waals surface area contributed by atoms with Gasteiger partial charge in [-0.3, -0.25) is 0 Å². The molecule has 2 aliphatic heterocycles. The maximum Gasteiger partial charge on any atom is 0.238 e. The molecule has 0 aromatic heterocycles. The maximum absolute atomic E-state index is 5.21. The molecule has 20 heavy (non-hydrogen) atoms. The van der Waals surface area contributed by atoms with Crippen LogP contribution in [-0.2, 0) is 0 Å². The molecule has 0 saturated carbocycles. The van der Waals surface area contributed by atoms with Crippen LogP contribution in [-0.4, -0.2) is 15.8 Å². The largest absolute Gasteiger partial charge is 0.238 e. The molecule has 2 heterocycles. The molecule has 0 amide bonds. The SMILES string of the molecule is S=C1N=NC2c3ccccc3C(c3ccccc3)=NN12. The lowest BCUT2D eigenvalue weighted by atomic mass is 9.95. The fraction of sp³-hybridized carbons (Fsp3) is 0.0667. The number of azo groups is 1. The quantitative estimate of drug-likeness (QED) is 0.749. The van der Waals surface area contributed by atoms with Crippen molar-refractivity contribution < 1.29 is 0 Å². The van der Waals surface area contributed by atoms with E-state index >= 15 is 0 Å². The van der Waals surface area contributed by atoms with Crippen LogP contribution >= 0.6 is 12.2 Å². The van der Waals surface area contributed by atoms with Crippen molar-refractivity contribution in [2.75, 3.05) is 0 Å². The molecular weight excluding hydrogens is 268 g/mol. The van der Waals surface area contributed by atoms with Gasteiger partial charge in [-0.2, -0.15) is 10.2 Å². The van der Waals surface area contributed by atoms with Crippen molar-refractivity contribution in [2.24, 2.45) is 15.3 Å². The Bertz CT molecular complexity index is 751. The van der Waals surface area contributed by atoms with E-state index in [1.807, 2.05) is 42.5 Å². The molecule has 0 fully saturated rings. The van der Waals surface area contributed by atoms with Gasteiger partial charge in [0.05, 0.1) is 5.71 Å². The fourth-order valence-electron chi connectivity index (χ4n) is 2.50. The van der Waals surface area contributed by atoms with Crippen molar-refractivity contribution in [3.63, 3.8) is 0 Å². The molecule has 0 aliphatic carbocycles. The highest BCUT2D eigenvalue weighted by Crippen LogP contribution is 2.36. The van der Waals surface area contributed by atoms with Crippen molar-refractivity contribution in [2.45, 2.75) is 6.17 Å². The topological polar surface area (TPSA) is 40.3 Å². The first-order valence-electron chi connectivity index (χ1n) is 6.32. The van der Waals surface area contributed by atoms with Crippen LogP contribution in [0.15, 0.2) is 69.9 Å². The van der Waals surface area contributed by atoms with E-state index in [0.717, 1.165) is 22.4 Å². The predicted molar refractivity (Wildman–Crippen MR) is 80.6 cm³/mol. The van der Waals surface area contributed by atoms with Crippen LogP contribution in [0, 0.1) is 0 Å². The van der Waals surface area contributed by atoms with Gasteiger partial charge in [0.1, 0.15) is 0 Å². The van der Waals surface area contributed by atoms with Gasteiger partial charge in [-0.1, -0.05) is 54.6 Å². The molecule has 5 heteroatoms. The van der Waals surface area contributed by atoms with Crippen molar-refractivity contribution in [1.29, 1.82) is 0 Å². The molecule has 4 nitrogen and oxygen atoms in total. The van der Waals surface area contributed by atoms with Crippen LogP contribution in [0.1, 0.15) is 22.9 Å². The Labute approximate surface area is 121 Å². The van der Waals surface area contributed by atoms with E-state index in [4.69, 9.17) is 12.2 Å². The highest BCUT2D eigenvalue weighted by atomic mass is 32.1. The zero-order valence-electron chi connectivity index (χ0n) is 10.5. The summed E-state index contributed by atoms with van der Waals surface area (Å²) in [5, 5.41) is 15.0. The second-order valence-electron chi connectivity index (χ2n) is 4.62. The summed E-state index contributed by atoms with van der Waals surface area (Å²) in [5.41, 5.74) is 4.15. The fourth-order valence-corrected chi connectivity index (χ4v) is 2.69. The Hall–Kier alpha value is -2.40. The highest BCUT2D eigenvalue weighted by Gasteiger charge is 2.35. The molecule has 0 spiro atoms. The molecule has 2 aliphatic rings. The van der Waals surface area contributed by atoms with E-state index in [1.54, 1.807) is 5.01 Å². The van der Waals surface area contributed by atoms with E-state index in [1.165, 1.54) is 0 Å². The van der Waals surface area contributed by atoms with Crippen molar-refractivity contribution in [1.82, 2.24) is 5.01 Å². The number of hydrogen-bond donors (Lipinski definition) is 0. The lowest BCUT2D eigenvalue weighted by Crippen LogP contribution is -2.29. The Kier molecular flexibility index (Phi) is 2.47. The zero-order chi connectivity index (χ0) is 13.5. The maximum atomic E-state index is 5.21. The van der Waals surface area contributed by atoms with Gasteiger partial charge in [0, 0.05) is 16.7 Å². The van der Waals surface area contributed by atoms with Gasteiger partial charge in [-0.15, -0.1) is 5.11 Å². The van der Waals surface area contributed by atoms with Crippen molar-refractivity contribution >= 4 is 23.0 Å². The predicted octanol–water partition coefficient (Wildman–Crippen LogP) is 3.50. The number of hydrazone groups is 1. The molecule has 0 saturated heterocycles. The molecule has 1 atom stereocenters. The molecule has 96 valence electrons. The summed E-state index contributed by atoms with van der Waals surface area (Å²) in [4.78, 5) is 0. The van der Waals surface area contributed by atoms with Crippen LogP contribution in [0.2, 0.25) is 0 Å². The summed E-state index contributed by atoms with van der Waals surface area (Å²) in [6, 6.07) is 18.2. The Morgan fingerprint density at radius 2 is 1.70 bits per heavy atom. The van der Waals surface area contributed by atoms with E-state index in [-0.39, 0.29) is 6.17 Å². The number of benzene rings is 2. The third-order valence-corrected chi connectivity index (χ3v) is 3.70. The minimum atomic E-state index is -0.217. The number of hydrogen-bond acceptors (Lipinski definition) is 3. The minimum absolute atomic E-state index is 0.217. The number of rotatable bonds is 1. The van der Waals surface area contributed by atoms with E-state index in [9.17, 15) is 0 Å². The lowest BCUT2D eigenvalue weighted by molar-refractivity contribution is 0.359. The van der Waals surface area contributed by atoms with Gasteiger partial charge in [0.15, 0.2) is 6.17 Å². The Morgan fingerprint density at radius 1 is 0.950 bits per heavy atom. The first-order valence-corrected chi connectivity index (χ1v) is 6.73. The molecule has 2 aromatic carbocycles.